The summed E-state index contributed by atoms with van der Waals surface area (Å²) < 4.78 is 61.7. The monoisotopic (exact) mass is 581 g/mol. The number of thioether (sulfide) groups is 1. The Balaban J connectivity index is 1.53. The minimum Gasteiger partial charge on any atom is -0.378 e. The number of benzene rings is 3. The van der Waals surface area contributed by atoms with Gasteiger partial charge in [0.2, 0.25) is 0 Å². The molecule has 0 atom stereocenters. The van der Waals surface area contributed by atoms with Crippen molar-refractivity contribution in [3.8, 4) is 0 Å². The number of rotatable bonds is 8. The Labute approximate surface area is 225 Å². The molecular formula is C24H24ClN3O6S3. The number of ether oxygens (including phenoxy) is 1. The number of sulfonamides is 2. The van der Waals surface area contributed by atoms with E-state index < -0.39 is 20.0 Å². The highest BCUT2D eigenvalue weighted by Crippen LogP contribution is 2.27. The summed E-state index contributed by atoms with van der Waals surface area (Å²) in [6, 6.07) is 15.9. The van der Waals surface area contributed by atoms with Crippen LogP contribution in [0.4, 0.5) is 11.4 Å². The number of anilines is 2. The largest absolute Gasteiger partial charge is 0.378 e. The Morgan fingerprint density at radius 2 is 1.35 bits per heavy atom. The molecule has 196 valence electrons. The number of nitrogens with one attached hydrogen (secondary N) is 2. The summed E-state index contributed by atoms with van der Waals surface area (Å²) in [7, 11) is -7.95. The smallest absolute Gasteiger partial charge is 0.261 e. The quantitative estimate of drug-likeness (QED) is 0.383. The number of hydrogen-bond donors (Lipinski definition) is 2. The summed E-state index contributed by atoms with van der Waals surface area (Å²) in [5.41, 5.74) is 0.803. The van der Waals surface area contributed by atoms with Crippen LogP contribution in [0.5, 0.6) is 0 Å². The van der Waals surface area contributed by atoms with Crippen LogP contribution in [0, 0.1) is 0 Å². The van der Waals surface area contributed by atoms with E-state index in [1.807, 2.05) is 6.26 Å². The van der Waals surface area contributed by atoms with Gasteiger partial charge >= 0.3 is 0 Å². The number of hydrogen-bond acceptors (Lipinski definition) is 7. The van der Waals surface area contributed by atoms with Crippen LogP contribution in [0.25, 0.3) is 0 Å². The van der Waals surface area contributed by atoms with Crippen LogP contribution in [0.1, 0.15) is 10.4 Å². The molecule has 0 saturated carbocycles. The lowest BCUT2D eigenvalue weighted by Gasteiger charge is -2.27. The molecule has 0 aromatic heterocycles. The number of amides is 1. The molecule has 1 amide bonds. The molecule has 3 aromatic carbocycles. The second-order valence-corrected chi connectivity index (χ2v) is 12.7. The summed E-state index contributed by atoms with van der Waals surface area (Å²) in [5, 5.41) is 0.472. The zero-order valence-electron chi connectivity index (χ0n) is 19.7. The second-order valence-electron chi connectivity index (χ2n) is 8.01. The van der Waals surface area contributed by atoms with Gasteiger partial charge in [0.25, 0.3) is 26.0 Å². The maximum absolute atomic E-state index is 13.1. The van der Waals surface area contributed by atoms with E-state index in [2.05, 4.69) is 9.44 Å². The van der Waals surface area contributed by atoms with Crippen molar-refractivity contribution in [1.82, 2.24) is 4.90 Å². The van der Waals surface area contributed by atoms with Crippen LogP contribution in [0.15, 0.2) is 81.4 Å². The Kier molecular flexibility index (Phi) is 8.34. The molecule has 2 N–H and O–H groups in total. The summed E-state index contributed by atoms with van der Waals surface area (Å²) in [5.74, 6) is -0.257. The van der Waals surface area contributed by atoms with E-state index in [0.717, 1.165) is 0 Å². The van der Waals surface area contributed by atoms with Crippen molar-refractivity contribution in [3.63, 3.8) is 0 Å². The third kappa shape index (κ3) is 6.57. The average molecular weight is 582 g/mol. The molecule has 1 aliphatic rings. The molecular weight excluding hydrogens is 558 g/mol. The van der Waals surface area contributed by atoms with Crippen molar-refractivity contribution in [2.75, 3.05) is 42.0 Å². The van der Waals surface area contributed by atoms with Gasteiger partial charge in [0, 0.05) is 34.4 Å². The van der Waals surface area contributed by atoms with Crippen molar-refractivity contribution < 1.29 is 26.4 Å². The van der Waals surface area contributed by atoms with Gasteiger partial charge in [-0.3, -0.25) is 14.2 Å². The lowest BCUT2D eigenvalue weighted by Crippen LogP contribution is -2.40. The maximum Gasteiger partial charge on any atom is 0.261 e. The minimum atomic E-state index is -4.06. The summed E-state index contributed by atoms with van der Waals surface area (Å²) >= 11 is 7.18. The molecule has 1 saturated heterocycles. The molecule has 0 bridgehead atoms. The fourth-order valence-corrected chi connectivity index (χ4v) is 6.45. The Bertz CT molecular complexity index is 1490. The van der Waals surface area contributed by atoms with Gasteiger partial charge in [-0.1, -0.05) is 11.6 Å². The molecule has 0 unspecified atom stereocenters. The van der Waals surface area contributed by atoms with Gasteiger partial charge in [-0.15, -0.1) is 11.8 Å². The van der Waals surface area contributed by atoms with E-state index in [-0.39, 0.29) is 21.4 Å². The zero-order chi connectivity index (χ0) is 26.6. The van der Waals surface area contributed by atoms with Gasteiger partial charge < -0.3 is 9.64 Å². The van der Waals surface area contributed by atoms with Gasteiger partial charge in [0.05, 0.1) is 28.6 Å². The van der Waals surface area contributed by atoms with E-state index in [0.29, 0.717) is 47.5 Å². The third-order valence-electron chi connectivity index (χ3n) is 5.52. The lowest BCUT2D eigenvalue weighted by atomic mass is 10.2. The fraction of sp³-hybridized carbons (Fsp3) is 0.208. The van der Waals surface area contributed by atoms with Gasteiger partial charge in [-0.2, -0.15) is 0 Å². The first-order valence-electron chi connectivity index (χ1n) is 11.1. The predicted molar refractivity (Wildman–Crippen MR) is 144 cm³/mol. The highest BCUT2D eigenvalue weighted by atomic mass is 35.5. The second kappa shape index (κ2) is 11.3. The number of carbonyl (C=O) groups excluding carboxylic acids is 1. The molecule has 13 heteroatoms. The number of carbonyl (C=O) groups is 1. The molecule has 9 nitrogen and oxygen atoms in total. The van der Waals surface area contributed by atoms with Crippen molar-refractivity contribution >= 4 is 60.7 Å². The number of halogens is 1. The fourth-order valence-electron chi connectivity index (χ4n) is 3.61. The Morgan fingerprint density at radius 1 is 0.838 bits per heavy atom. The first-order valence-corrected chi connectivity index (χ1v) is 15.6. The summed E-state index contributed by atoms with van der Waals surface area (Å²) in [4.78, 5) is 15.2. The number of morpholine rings is 1. The molecule has 0 spiro atoms. The SMILES string of the molecule is CSc1ccc(S(=O)(=O)Nc2ccc(S(=O)(=O)Nc3ccc(Cl)cc3)cc2)cc1C(=O)N1CCOCC1. The zero-order valence-corrected chi connectivity index (χ0v) is 22.9. The lowest BCUT2D eigenvalue weighted by molar-refractivity contribution is 0.0300. The van der Waals surface area contributed by atoms with E-state index in [9.17, 15) is 21.6 Å². The van der Waals surface area contributed by atoms with Crippen LogP contribution in [-0.4, -0.2) is 60.2 Å². The van der Waals surface area contributed by atoms with Crippen LogP contribution < -0.4 is 9.44 Å². The van der Waals surface area contributed by atoms with Gasteiger partial charge in [-0.25, -0.2) is 16.8 Å². The van der Waals surface area contributed by atoms with E-state index in [4.69, 9.17) is 16.3 Å². The molecule has 37 heavy (non-hydrogen) atoms. The predicted octanol–water partition coefficient (Wildman–Crippen LogP) is 4.14. The normalized spacial score (nSPS) is 14.3. The topological polar surface area (TPSA) is 122 Å². The van der Waals surface area contributed by atoms with Gasteiger partial charge in [-0.05, 0) is 73.0 Å². The average Bonchev–Trinajstić information content (AvgIpc) is 2.89. The number of nitrogens with zero attached hydrogens (tertiary/aromatic N) is 1. The van der Waals surface area contributed by atoms with Crippen LogP contribution >= 0.6 is 23.4 Å². The summed E-state index contributed by atoms with van der Waals surface area (Å²) in [6.07, 6.45) is 1.81. The van der Waals surface area contributed by atoms with Gasteiger partial charge in [0.1, 0.15) is 0 Å². The first-order chi connectivity index (χ1) is 17.6. The van der Waals surface area contributed by atoms with E-state index in [1.165, 1.54) is 60.3 Å². The molecule has 0 radical (unpaired) electrons. The first kappa shape index (κ1) is 27.3. The molecule has 1 fully saturated rings. The molecule has 0 aliphatic carbocycles. The summed E-state index contributed by atoms with van der Waals surface area (Å²) in [6.45, 7) is 1.73. The van der Waals surface area contributed by atoms with Crippen LogP contribution in [0.3, 0.4) is 0 Å². The van der Waals surface area contributed by atoms with Crippen molar-refractivity contribution in [2.45, 2.75) is 14.7 Å². The van der Waals surface area contributed by atoms with Crippen molar-refractivity contribution in [2.24, 2.45) is 0 Å². The molecule has 1 heterocycles. The molecule has 1 aliphatic heterocycles. The minimum absolute atomic E-state index is 0.0480. The molecule has 4 rings (SSSR count). The van der Waals surface area contributed by atoms with Crippen LogP contribution in [-0.2, 0) is 24.8 Å². The Hall–Kier alpha value is -2.77. The molecule has 3 aromatic rings. The standard InChI is InChI=1S/C24H24ClN3O6S3/c1-35-23-11-10-21(16-22(23)24(29)28-12-14-34-15-13-28)37(32,33)27-19-6-8-20(9-7-19)36(30,31)26-18-4-2-17(25)3-5-18/h2-11,16,26-27H,12-15H2,1H3. The third-order valence-corrected chi connectivity index (χ3v) is 9.35. The highest BCUT2D eigenvalue weighted by Gasteiger charge is 2.24. The van der Waals surface area contributed by atoms with Gasteiger partial charge in [0.15, 0.2) is 0 Å². The maximum atomic E-state index is 13.1. The van der Waals surface area contributed by atoms with Crippen molar-refractivity contribution in [1.29, 1.82) is 0 Å². The van der Waals surface area contributed by atoms with E-state index in [1.54, 1.807) is 23.1 Å². The Morgan fingerprint density at radius 3 is 1.92 bits per heavy atom. The van der Waals surface area contributed by atoms with Crippen LogP contribution in [0.2, 0.25) is 5.02 Å². The van der Waals surface area contributed by atoms with Crippen molar-refractivity contribution in [3.05, 3.63) is 77.3 Å². The van der Waals surface area contributed by atoms with E-state index >= 15 is 0 Å². The highest BCUT2D eigenvalue weighted by molar-refractivity contribution is 7.98.